The van der Waals surface area contributed by atoms with Crippen LogP contribution in [0.2, 0.25) is 0 Å². The summed E-state index contributed by atoms with van der Waals surface area (Å²) >= 11 is 0. The smallest absolute Gasteiger partial charge is 0.337 e. The van der Waals surface area contributed by atoms with Crippen LogP contribution in [0.3, 0.4) is 0 Å². The topological polar surface area (TPSA) is 82.5 Å². The van der Waals surface area contributed by atoms with Gasteiger partial charge in [0, 0.05) is 44.3 Å². The fourth-order valence-corrected chi connectivity index (χ4v) is 2.71. The minimum Gasteiger partial charge on any atom is -0.478 e. The molecular weight excluding hydrogens is 306 g/mol. The highest BCUT2D eigenvalue weighted by molar-refractivity contribution is 5.87. The van der Waals surface area contributed by atoms with Gasteiger partial charge in [0.15, 0.2) is 0 Å². The molecule has 1 N–H and O–H groups in total. The second-order valence-electron chi connectivity index (χ2n) is 5.98. The monoisotopic (exact) mass is 327 g/mol. The van der Waals surface area contributed by atoms with Crippen molar-refractivity contribution >= 4 is 17.7 Å². The van der Waals surface area contributed by atoms with Crippen molar-refractivity contribution in [2.45, 2.75) is 20.3 Å². The Balaban J connectivity index is 1.70. The third-order valence-corrected chi connectivity index (χ3v) is 4.31. The number of nitrogens with zero attached hydrogens (tertiary/aromatic N) is 5. The Morgan fingerprint density at radius 2 is 1.79 bits per heavy atom. The number of carboxylic acid groups (broad SMARTS) is 1. The molecule has 7 nitrogen and oxygen atoms in total. The first-order valence-corrected chi connectivity index (χ1v) is 8.04. The zero-order valence-corrected chi connectivity index (χ0v) is 13.9. The molecule has 0 aliphatic carbocycles. The van der Waals surface area contributed by atoms with E-state index in [2.05, 4.69) is 24.8 Å². The lowest BCUT2D eigenvalue weighted by atomic mass is 10.3. The van der Waals surface area contributed by atoms with Crippen molar-refractivity contribution in [3.63, 3.8) is 0 Å². The van der Waals surface area contributed by atoms with E-state index >= 15 is 0 Å². The molecule has 0 unspecified atom stereocenters. The Kier molecular flexibility index (Phi) is 4.59. The summed E-state index contributed by atoms with van der Waals surface area (Å²) in [5, 5.41) is 8.96. The molecule has 0 amide bonds. The molecule has 0 radical (unpaired) electrons. The third kappa shape index (κ3) is 3.45. The molecule has 7 heteroatoms. The lowest BCUT2D eigenvalue weighted by Gasteiger charge is -2.23. The zero-order valence-electron chi connectivity index (χ0n) is 13.9. The Labute approximate surface area is 141 Å². The van der Waals surface area contributed by atoms with E-state index in [1.165, 1.54) is 6.20 Å². The number of anilines is 2. The number of hydrogen-bond acceptors (Lipinski definition) is 6. The molecule has 0 bridgehead atoms. The number of aromatic carboxylic acids is 1. The number of carbonyl (C=O) groups is 1. The Bertz CT molecular complexity index is 732. The highest BCUT2D eigenvalue weighted by Gasteiger charge is 2.18. The van der Waals surface area contributed by atoms with Gasteiger partial charge in [-0.05, 0) is 38.0 Å². The zero-order chi connectivity index (χ0) is 17.1. The van der Waals surface area contributed by atoms with E-state index in [-0.39, 0.29) is 5.56 Å². The Morgan fingerprint density at radius 3 is 2.46 bits per heavy atom. The Morgan fingerprint density at radius 1 is 1.04 bits per heavy atom. The maximum Gasteiger partial charge on any atom is 0.337 e. The van der Waals surface area contributed by atoms with Gasteiger partial charge in [-0.25, -0.2) is 19.7 Å². The van der Waals surface area contributed by atoms with Crippen LogP contribution in [0.15, 0.2) is 24.5 Å². The first-order valence-electron chi connectivity index (χ1n) is 8.04. The van der Waals surface area contributed by atoms with Crippen LogP contribution in [0, 0.1) is 13.8 Å². The van der Waals surface area contributed by atoms with Crippen LogP contribution in [0.1, 0.15) is 28.0 Å². The molecule has 1 fully saturated rings. The number of carboxylic acids is 1. The maximum absolute atomic E-state index is 10.9. The van der Waals surface area contributed by atoms with Crippen LogP contribution in [-0.2, 0) is 0 Å². The van der Waals surface area contributed by atoms with Crippen LogP contribution in [-0.4, -0.2) is 52.2 Å². The predicted molar refractivity (Wildman–Crippen MR) is 91.7 cm³/mol. The summed E-state index contributed by atoms with van der Waals surface area (Å²) in [4.78, 5) is 28.6. The van der Waals surface area contributed by atoms with E-state index in [1.807, 2.05) is 20.0 Å². The summed E-state index contributed by atoms with van der Waals surface area (Å²) in [7, 11) is 0. The van der Waals surface area contributed by atoms with Crippen molar-refractivity contribution in [3.8, 4) is 0 Å². The van der Waals surface area contributed by atoms with Crippen LogP contribution < -0.4 is 9.80 Å². The van der Waals surface area contributed by atoms with Crippen LogP contribution in [0.5, 0.6) is 0 Å². The summed E-state index contributed by atoms with van der Waals surface area (Å²) in [6.07, 6.45) is 4.25. The van der Waals surface area contributed by atoms with Gasteiger partial charge in [-0.3, -0.25) is 0 Å². The quantitative estimate of drug-likeness (QED) is 0.922. The Hall–Kier alpha value is -2.70. The van der Waals surface area contributed by atoms with Gasteiger partial charge in [0.1, 0.15) is 5.82 Å². The predicted octanol–water partition coefficient (Wildman–Crippen LogP) is 1.90. The van der Waals surface area contributed by atoms with E-state index in [4.69, 9.17) is 5.11 Å². The van der Waals surface area contributed by atoms with Gasteiger partial charge in [-0.15, -0.1) is 0 Å². The molecule has 1 saturated heterocycles. The minimum absolute atomic E-state index is 0.207. The van der Waals surface area contributed by atoms with Crippen molar-refractivity contribution in [1.82, 2.24) is 15.0 Å². The van der Waals surface area contributed by atoms with Crippen LogP contribution in [0.4, 0.5) is 11.8 Å². The fraction of sp³-hybridized carbons (Fsp3) is 0.412. The van der Waals surface area contributed by atoms with E-state index < -0.39 is 5.97 Å². The first-order chi connectivity index (χ1) is 11.5. The second kappa shape index (κ2) is 6.82. The normalized spacial score (nSPS) is 15.2. The molecule has 2 aromatic rings. The summed E-state index contributed by atoms with van der Waals surface area (Å²) < 4.78 is 0. The average molecular weight is 327 g/mol. The number of rotatable bonds is 3. The van der Waals surface area contributed by atoms with Gasteiger partial charge in [-0.1, -0.05) is 0 Å². The van der Waals surface area contributed by atoms with E-state index in [9.17, 15) is 4.79 Å². The molecule has 0 spiro atoms. The van der Waals surface area contributed by atoms with Crippen molar-refractivity contribution in [1.29, 1.82) is 0 Å². The molecule has 0 aromatic carbocycles. The number of hydrogen-bond donors (Lipinski definition) is 1. The molecular formula is C17H21N5O2. The maximum atomic E-state index is 10.9. The van der Waals surface area contributed by atoms with Gasteiger partial charge >= 0.3 is 5.97 Å². The lowest BCUT2D eigenvalue weighted by Crippen LogP contribution is -2.32. The standard InChI is InChI=1S/C17H21N5O2/c1-12-10-19-17(20-13(12)2)22-7-3-6-21(8-9-22)15-5-4-14(11-18-15)16(23)24/h4-5,10-11H,3,6-9H2,1-2H3,(H,23,24). The first kappa shape index (κ1) is 16.2. The number of aromatic nitrogens is 3. The molecule has 3 rings (SSSR count). The molecule has 1 aliphatic rings. The molecule has 126 valence electrons. The van der Waals surface area contributed by atoms with E-state index in [0.29, 0.717) is 0 Å². The third-order valence-electron chi connectivity index (χ3n) is 4.31. The summed E-state index contributed by atoms with van der Waals surface area (Å²) in [5.41, 5.74) is 2.31. The van der Waals surface area contributed by atoms with E-state index in [1.54, 1.807) is 12.1 Å². The minimum atomic E-state index is -0.956. The largest absolute Gasteiger partial charge is 0.478 e. The molecule has 0 saturated carbocycles. The fourth-order valence-electron chi connectivity index (χ4n) is 2.71. The number of pyridine rings is 1. The summed E-state index contributed by atoms with van der Waals surface area (Å²) in [6, 6.07) is 3.37. The van der Waals surface area contributed by atoms with Crippen LogP contribution >= 0.6 is 0 Å². The molecule has 24 heavy (non-hydrogen) atoms. The molecule has 1 aliphatic heterocycles. The van der Waals surface area contributed by atoms with Gasteiger partial charge < -0.3 is 14.9 Å². The second-order valence-corrected chi connectivity index (χ2v) is 5.98. The van der Waals surface area contributed by atoms with Crippen molar-refractivity contribution in [3.05, 3.63) is 41.3 Å². The molecule has 0 atom stereocenters. The van der Waals surface area contributed by atoms with Crippen LogP contribution in [0.25, 0.3) is 0 Å². The number of aryl methyl sites for hydroxylation is 2. The molecule has 2 aromatic heterocycles. The van der Waals surface area contributed by atoms with Gasteiger partial charge in [0.05, 0.1) is 5.56 Å². The molecule has 3 heterocycles. The lowest BCUT2D eigenvalue weighted by molar-refractivity contribution is 0.0696. The highest BCUT2D eigenvalue weighted by Crippen LogP contribution is 2.17. The van der Waals surface area contributed by atoms with Gasteiger partial charge in [0.25, 0.3) is 0 Å². The van der Waals surface area contributed by atoms with E-state index in [0.717, 1.165) is 55.6 Å². The summed E-state index contributed by atoms with van der Waals surface area (Å²) in [5.74, 6) is 0.625. The average Bonchev–Trinajstić information content (AvgIpc) is 2.83. The van der Waals surface area contributed by atoms with Crippen molar-refractivity contribution in [2.75, 3.05) is 36.0 Å². The SMILES string of the molecule is Cc1cnc(N2CCCN(c3ccc(C(=O)O)cn3)CC2)nc1C. The van der Waals surface area contributed by atoms with Crippen molar-refractivity contribution < 1.29 is 9.90 Å². The van der Waals surface area contributed by atoms with Crippen molar-refractivity contribution in [2.24, 2.45) is 0 Å². The highest BCUT2D eigenvalue weighted by atomic mass is 16.4. The summed E-state index contributed by atoms with van der Waals surface area (Å²) in [6.45, 7) is 7.39. The van der Waals surface area contributed by atoms with Gasteiger partial charge in [0.2, 0.25) is 5.95 Å². The van der Waals surface area contributed by atoms with Gasteiger partial charge in [-0.2, -0.15) is 0 Å².